The highest BCUT2D eigenvalue weighted by atomic mass is 19.1. The van der Waals surface area contributed by atoms with Crippen LogP contribution in [0.5, 0.6) is 0 Å². The van der Waals surface area contributed by atoms with Crippen molar-refractivity contribution in [3.63, 3.8) is 0 Å². The maximum absolute atomic E-state index is 13.6. The number of hydrogen-bond donors (Lipinski definition) is 1. The van der Waals surface area contributed by atoms with Gasteiger partial charge in [0.2, 0.25) is 0 Å². The molecule has 2 aromatic rings. The molecule has 1 fully saturated rings. The summed E-state index contributed by atoms with van der Waals surface area (Å²) in [5.41, 5.74) is 1.86. The number of hydrogen-bond acceptors (Lipinski definition) is 3. The van der Waals surface area contributed by atoms with Crippen LogP contribution in [0.3, 0.4) is 0 Å². The van der Waals surface area contributed by atoms with E-state index in [0.717, 1.165) is 35.7 Å². The van der Waals surface area contributed by atoms with Gasteiger partial charge in [-0.05, 0) is 36.6 Å². The van der Waals surface area contributed by atoms with Crippen LogP contribution in [-0.2, 0) is 19.4 Å². The molecule has 21 heavy (non-hydrogen) atoms. The van der Waals surface area contributed by atoms with Gasteiger partial charge in [0, 0.05) is 25.4 Å². The van der Waals surface area contributed by atoms with Crippen LogP contribution in [0.15, 0.2) is 18.2 Å². The lowest BCUT2D eigenvalue weighted by atomic mass is 10.1. The van der Waals surface area contributed by atoms with Crippen LogP contribution in [0, 0.1) is 5.82 Å². The highest BCUT2D eigenvalue weighted by Crippen LogP contribution is 2.22. The number of nitrogens with one attached hydrogen (secondary N) is 1. The van der Waals surface area contributed by atoms with Gasteiger partial charge in [-0.1, -0.05) is 13.8 Å². The van der Waals surface area contributed by atoms with Crippen molar-refractivity contribution in [1.82, 2.24) is 20.1 Å². The zero-order valence-electron chi connectivity index (χ0n) is 12.6. The standard InChI is InChI=1S/C16H21FN4/c1-3-15-19-16(4-2)21(20-15)14-8-5-12(17)9-11(14)10-18-13-6-7-13/h5,8-9,13,18H,3-4,6-7,10H2,1-2H3. The Bertz CT molecular complexity index is 631. The average molecular weight is 288 g/mol. The molecule has 1 aliphatic rings. The van der Waals surface area contributed by atoms with Crippen LogP contribution < -0.4 is 5.32 Å². The van der Waals surface area contributed by atoms with Gasteiger partial charge >= 0.3 is 0 Å². The number of halogens is 1. The SMILES string of the molecule is CCc1nc(CC)n(-c2ccc(F)cc2CNC2CC2)n1. The van der Waals surface area contributed by atoms with Crippen molar-refractivity contribution in [3.8, 4) is 5.69 Å². The van der Waals surface area contributed by atoms with Gasteiger partial charge in [0.1, 0.15) is 11.6 Å². The van der Waals surface area contributed by atoms with Crippen molar-refractivity contribution in [2.45, 2.75) is 52.1 Å². The van der Waals surface area contributed by atoms with Gasteiger partial charge in [-0.2, -0.15) is 5.10 Å². The first-order chi connectivity index (χ1) is 10.2. The lowest BCUT2D eigenvalue weighted by Crippen LogP contribution is -2.18. The predicted molar refractivity (Wildman–Crippen MR) is 79.9 cm³/mol. The van der Waals surface area contributed by atoms with Crippen molar-refractivity contribution in [1.29, 1.82) is 0 Å². The van der Waals surface area contributed by atoms with Crippen LogP contribution >= 0.6 is 0 Å². The van der Waals surface area contributed by atoms with Gasteiger partial charge in [-0.15, -0.1) is 0 Å². The van der Waals surface area contributed by atoms with Crippen molar-refractivity contribution >= 4 is 0 Å². The Morgan fingerprint density at radius 1 is 1.29 bits per heavy atom. The first kappa shape index (κ1) is 14.2. The van der Waals surface area contributed by atoms with Crippen LogP contribution in [0.25, 0.3) is 5.69 Å². The summed E-state index contributed by atoms with van der Waals surface area (Å²) >= 11 is 0. The molecule has 1 aromatic carbocycles. The van der Waals surface area contributed by atoms with E-state index in [0.29, 0.717) is 12.6 Å². The zero-order valence-corrected chi connectivity index (χ0v) is 12.6. The Morgan fingerprint density at radius 3 is 2.76 bits per heavy atom. The van der Waals surface area contributed by atoms with E-state index in [1.807, 2.05) is 11.6 Å². The van der Waals surface area contributed by atoms with Crippen LogP contribution in [0.4, 0.5) is 4.39 Å². The molecule has 0 aliphatic heterocycles. The third-order valence-electron chi connectivity index (χ3n) is 3.78. The van der Waals surface area contributed by atoms with E-state index in [2.05, 4.69) is 22.3 Å². The minimum Gasteiger partial charge on any atom is -0.310 e. The molecular formula is C16H21FN4. The monoisotopic (exact) mass is 288 g/mol. The molecule has 0 atom stereocenters. The number of benzene rings is 1. The van der Waals surface area contributed by atoms with Crippen LogP contribution in [0.1, 0.15) is 43.9 Å². The van der Waals surface area contributed by atoms with Gasteiger partial charge in [-0.25, -0.2) is 14.1 Å². The lowest BCUT2D eigenvalue weighted by molar-refractivity contribution is 0.616. The van der Waals surface area contributed by atoms with E-state index in [1.165, 1.54) is 18.9 Å². The molecule has 0 bridgehead atoms. The Balaban J connectivity index is 1.97. The minimum atomic E-state index is -0.208. The molecule has 112 valence electrons. The Morgan fingerprint density at radius 2 is 2.10 bits per heavy atom. The second-order valence-corrected chi connectivity index (χ2v) is 5.49. The second kappa shape index (κ2) is 5.93. The largest absolute Gasteiger partial charge is 0.310 e. The highest BCUT2D eigenvalue weighted by Gasteiger charge is 2.21. The van der Waals surface area contributed by atoms with Crippen molar-refractivity contribution in [2.24, 2.45) is 0 Å². The van der Waals surface area contributed by atoms with Gasteiger partial charge < -0.3 is 5.32 Å². The van der Waals surface area contributed by atoms with Crippen molar-refractivity contribution < 1.29 is 4.39 Å². The fourth-order valence-electron chi connectivity index (χ4n) is 2.41. The van der Waals surface area contributed by atoms with Crippen LogP contribution in [-0.4, -0.2) is 20.8 Å². The maximum atomic E-state index is 13.6. The van der Waals surface area contributed by atoms with E-state index < -0.39 is 0 Å². The zero-order chi connectivity index (χ0) is 14.8. The summed E-state index contributed by atoms with van der Waals surface area (Å²) in [6, 6.07) is 5.47. The summed E-state index contributed by atoms with van der Waals surface area (Å²) in [6.45, 7) is 4.77. The van der Waals surface area contributed by atoms with Gasteiger partial charge in [0.15, 0.2) is 5.82 Å². The first-order valence-electron chi connectivity index (χ1n) is 7.68. The topological polar surface area (TPSA) is 42.7 Å². The number of nitrogens with zero attached hydrogens (tertiary/aromatic N) is 3. The maximum Gasteiger partial charge on any atom is 0.151 e. The van der Waals surface area contributed by atoms with Crippen molar-refractivity contribution in [2.75, 3.05) is 0 Å². The number of aryl methyl sites for hydroxylation is 2. The number of rotatable bonds is 6. The fraction of sp³-hybridized carbons (Fsp3) is 0.500. The molecule has 1 heterocycles. The minimum absolute atomic E-state index is 0.208. The number of aromatic nitrogens is 3. The highest BCUT2D eigenvalue weighted by molar-refractivity contribution is 5.41. The normalized spacial score (nSPS) is 14.6. The van der Waals surface area contributed by atoms with Crippen molar-refractivity contribution in [3.05, 3.63) is 41.2 Å². The van der Waals surface area contributed by atoms with E-state index in [4.69, 9.17) is 0 Å². The summed E-state index contributed by atoms with van der Waals surface area (Å²) < 4.78 is 15.4. The molecule has 1 saturated carbocycles. The molecule has 0 saturated heterocycles. The summed E-state index contributed by atoms with van der Waals surface area (Å²) in [5, 5.41) is 8.00. The van der Waals surface area contributed by atoms with E-state index in [1.54, 1.807) is 12.1 Å². The molecule has 4 nitrogen and oxygen atoms in total. The fourth-order valence-corrected chi connectivity index (χ4v) is 2.41. The second-order valence-electron chi connectivity index (χ2n) is 5.49. The van der Waals surface area contributed by atoms with Crippen LogP contribution in [0.2, 0.25) is 0 Å². The molecule has 0 amide bonds. The summed E-state index contributed by atoms with van der Waals surface area (Å²) in [4.78, 5) is 4.53. The third kappa shape index (κ3) is 3.13. The predicted octanol–water partition coefficient (Wildman–Crippen LogP) is 2.78. The Kier molecular flexibility index (Phi) is 4.01. The van der Waals surface area contributed by atoms with E-state index in [-0.39, 0.29) is 5.82 Å². The molecule has 0 radical (unpaired) electrons. The van der Waals surface area contributed by atoms with Gasteiger partial charge in [-0.3, -0.25) is 0 Å². The Hall–Kier alpha value is -1.75. The van der Waals surface area contributed by atoms with E-state index in [9.17, 15) is 4.39 Å². The van der Waals surface area contributed by atoms with Gasteiger partial charge in [0.25, 0.3) is 0 Å². The lowest BCUT2D eigenvalue weighted by Gasteiger charge is -2.12. The molecular weight excluding hydrogens is 267 g/mol. The summed E-state index contributed by atoms with van der Waals surface area (Å²) in [7, 11) is 0. The molecule has 5 heteroatoms. The first-order valence-corrected chi connectivity index (χ1v) is 7.68. The Labute approximate surface area is 124 Å². The molecule has 1 N–H and O–H groups in total. The molecule has 0 unspecified atom stereocenters. The molecule has 3 rings (SSSR count). The van der Waals surface area contributed by atoms with Gasteiger partial charge in [0.05, 0.1) is 5.69 Å². The molecule has 1 aliphatic carbocycles. The average Bonchev–Trinajstić information content (AvgIpc) is 3.23. The summed E-state index contributed by atoms with van der Waals surface area (Å²) in [5.74, 6) is 1.55. The molecule has 1 aromatic heterocycles. The quantitative estimate of drug-likeness (QED) is 0.889. The third-order valence-corrected chi connectivity index (χ3v) is 3.78. The molecule has 0 spiro atoms. The summed E-state index contributed by atoms with van der Waals surface area (Å²) in [6.07, 6.45) is 4.04. The van der Waals surface area contributed by atoms with E-state index >= 15 is 0 Å². The smallest absolute Gasteiger partial charge is 0.151 e.